The summed E-state index contributed by atoms with van der Waals surface area (Å²) in [6.07, 6.45) is 5.49. The van der Waals surface area contributed by atoms with Gasteiger partial charge >= 0.3 is 0 Å². The van der Waals surface area contributed by atoms with Crippen LogP contribution in [0.15, 0.2) is 77.4 Å². The number of carbonyl (C=O) groups excluding carboxylic acids is 4. The highest BCUT2D eigenvalue weighted by atomic mass is 16.5. The zero-order chi connectivity index (χ0) is 29.2. The van der Waals surface area contributed by atoms with Crippen LogP contribution in [0.2, 0.25) is 0 Å². The molecule has 1 aliphatic heterocycles. The number of methoxy groups -OCH3 is 2. The minimum atomic E-state index is -0.686. The van der Waals surface area contributed by atoms with Crippen molar-refractivity contribution >= 4 is 35.1 Å². The summed E-state index contributed by atoms with van der Waals surface area (Å²) in [5.74, 6) is -3.39. The van der Waals surface area contributed by atoms with Crippen molar-refractivity contribution in [1.29, 1.82) is 0 Å². The fourth-order valence-electron chi connectivity index (χ4n) is 6.84. The molecule has 6 rings (SSSR count). The first kappa shape index (κ1) is 26.5. The van der Waals surface area contributed by atoms with E-state index >= 15 is 0 Å². The monoisotopic (exact) mass is 551 g/mol. The normalized spacial score (nSPS) is 25.3. The van der Waals surface area contributed by atoms with Gasteiger partial charge in [-0.2, -0.15) is 0 Å². The van der Waals surface area contributed by atoms with Crippen LogP contribution in [-0.2, 0) is 19.2 Å². The molecule has 0 saturated carbocycles. The molecule has 4 unspecified atom stereocenters. The highest BCUT2D eigenvalue weighted by Crippen LogP contribution is 2.56. The Balaban J connectivity index is 1.50. The van der Waals surface area contributed by atoms with E-state index in [0.29, 0.717) is 34.4 Å². The first-order valence-electron chi connectivity index (χ1n) is 13.5. The molecule has 0 spiro atoms. The molecule has 0 bridgehead atoms. The van der Waals surface area contributed by atoms with E-state index < -0.39 is 23.7 Å². The molecule has 2 aromatic rings. The third kappa shape index (κ3) is 3.89. The molecule has 1 fully saturated rings. The second-order valence-electron chi connectivity index (χ2n) is 10.8. The van der Waals surface area contributed by atoms with Crippen molar-refractivity contribution in [3.8, 4) is 17.2 Å². The maximum atomic E-state index is 14.0. The predicted octanol–water partition coefficient (Wildman–Crippen LogP) is 4.69. The number of phenols is 1. The lowest BCUT2D eigenvalue weighted by Crippen LogP contribution is -2.39. The van der Waals surface area contributed by atoms with Crippen LogP contribution in [-0.4, -0.2) is 42.7 Å². The number of hydrogen-bond donors (Lipinski definition) is 1. The van der Waals surface area contributed by atoms with Gasteiger partial charge in [-0.1, -0.05) is 36.4 Å². The highest BCUT2D eigenvalue weighted by Gasteiger charge is 2.56. The number of aromatic hydroxyl groups is 1. The molecule has 0 aromatic heterocycles. The zero-order valence-corrected chi connectivity index (χ0v) is 23.0. The Bertz CT molecular complexity index is 1620. The number of ether oxygens (including phenoxy) is 2. The van der Waals surface area contributed by atoms with Gasteiger partial charge in [-0.05, 0) is 67.2 Å². The number of imide groups is 1. The first-order chi connectivity index (χ1) is 19.7. The zero-order valence-electron chi connectivity index (χ0n) is 23.0. The van der Waals surface area contributed by atoms with Gasteiger partial charge in [0.2, 0.25) is 17.6 Å². The summed E-state index contributed by atoms with van der Waals surface area (Å²) in [6.45, 7) is 5.37. The number of fused-ring (bicyclic) bond motifs is 3. The molecule has 1 heterocycles. The molecule has 1 N–H and O–H groups in total. The maximum absolute atomic E-state index is 14.0. The van der Waals surface area contributed by atoms with Crippen molar-refractivity contribution in [2.24, 2.45) is 17.8 Å². The van der Waals surface area contributed by atoms with Gasteiger partial charge in [0.05, 0.1) is 31.7 Å². The fraction of sp³-hybridized carbons (Fsp3) is 0.273. The number of ketones is 2. The van der Waals surface area contributed by atoms with Crippen molar-refractivity contribution in [3.05, 3.63) is 88.5 Å². The summed E-state index contributed by atoms with van der Waals surface area (Å²) < 4.78 is 10.8. The van der Waals surface area contributed by atoms with Crippen LogP contribution in [0.3, 0.4) is 0 Å². The van der Waals surface area contributed by atoms with Crippen molar-refractivity contribution in [2.45, 2.75) is 25.7 Å². The van der Waals surface area contributed by atoms with E-state index in [1.54, 1.807) is 49.4 Å². The molecule has 4 atom stereocenters. The quantitative estimate of drug-likeness (QED) is 0.326. The smallest absolute Gasteiger partial charge is 0.238 e. The Hall–Kier alpha value is -4.72. The van der Waals surface area contributed by atoms with Crippen LogP contribution >= 0.6 is 0 Å². The van der Waals surface area contributed by atoms with Crippen LogP contribution in [0.5, 0.6) is 17.2 Å². The average Bonchev–Trinajstić information content (AvgIpc) is 3.24. The number of hydrogen-bond acceptors (Lipinski definition) is 7. The average molecular weight is 552 g/mol. The van der Waals surface area contributed by atoms with Gasteiger partial charge < -0.3 is 14.6 Å². The van der Waals surface area contributed by atoms with Crippen LogP contribution < -0.4 is 14.4 Å². The fourth-order valence-corrected chi connectivity index (χ4v) is 6.84. The third-order valence-corrected chi connectivity index (χ3v) is 8.79. The Morgan fingerprint density at radius 2 is 1.63 bits per heavy atom. The molecular weight excluding hydrogens is 522 g/mol. The Labute approximate surface area is 237 Å². The standard InChI is InChI=1S/C33H29NO7/c1-5-17-6-8-19(9-7-17)34-32(38)21-11-10-20-22(28(21)33(34)39)15-23-24(35)12-16(2)30(36)29(23)27(20)18-13-25(40-3)31(37)26(14-18)41-4/h5-10,12-14,21-22,27-28,37H,1,11,15H2,2-4H3. The van der Waals surface area contributed by atoms with Gasteiger partial charge in [0.15, 0.2) is 23.1 Å². The van der Waals surface area contributed by atoms with E-state index in [-0.39, 0.29) is 47.1 Å². The molecule has 4 aliphatic rings. The largest absolute Gasteiger partial charge is 0.502 e. The summed E-state index contributed by atoms with van der Waals surface area (Å²) in [4.78, 5) is 55.9. The second kappa shape index (κ2) is 9.73. The topological polar surface area (TPSA) is 110 Å². The number of carbonyl (C=O) groups is 4. The van der Waals surface area contributed by atoms with Crippen molar-refractivity contribution < 1.29 is 33.8 Å². The summed E-state index contributed by atoms with van der Waals surface area (Å²) >= 11 is 0. The molecular formula is C33H29NO7. The van der Waals surface area contributed by atoms with E-state index in [4.69, 9.17) is 9.47 Å². The van der Waals surface area contributed by atoms with Gasteiger partial charge in [0.25, 0.3) is 0 Å². The third-order valence-electron chi connectivity index (χ3n) is 8.79. The van der Waals surface area contributed by atoms with Gasteiger partial charge in [-0.25, -0.2) is 0 Å². The van der Waals surface area contributed by atoms with E-state index in [1.165, 1.54) is 25.2 Å². The maximum Gasteiger partial charge on any atom is 0.238 e. The highest BCUT2D eigenvalue weighted by molar-refractivity contribution is 6.25. The number of anilines is 1. The predicted molar refractivity (Wildman–Crippen MR) is 152 cm³/mol. The van der Waals surface area contributed by atoms with Crippen molar-refractivity contribution in [2.75, 3.05) is 19.1 Å². The molecule has 8 nitrogen and oxygen atoms in total. The second-order valence-corrected chi connectivity index (χ2v) is 10.8. The number of nitrogens with zero attached hydrogens (tertiary/aromatic N) is 1. The Morgan fingerprint density at radius 3 is 2.24 bits per heavy atom. The lowest BCUT2D eigenvalue weighted by molar-refractivity contribution is -0.123. The number of rotatable bonds is 5. The number of allylic oxidation sites excluding steroid dienone is 6. The van der Waals surface area contributed by atoms with Crippen LogP contribution in [0.25, 0.3) is 6.08 Å². The summed E-state index contributed by atoms with van der Waals surface area (Å²) in [5, 5.41) is 10.6. The first-order valence-corrected chi connectivity index (χ1v) is 13.5. The molecule has 1 saturated heterocycles. The Kier molecular flexibility index (Phi) is 6.29. The number of Topliss-reactive ketones (excluding diaryl/α,β-unsaturated/α-hetero) is 1. The molecule has 2 aromatic carbocycles. The summed E-state index contributed by atoms with van der Waals surface area (Å²) in [5.41, 5.74) is 3.80. The molecule has 208 valence electrons. The van der Waals surface area contributed by atoms with Crippen LogP contribution in [0.4, 0.5) is 5.69 Å². The molecule has 2 amide bonds. The van der Waals surface area contributed by atoms with E-state index in [9.17, 15) is 24.3 Å². The van der Waals surface area contributed by atoms with Crippen molar-refractivity contribution in [1.82, 2.24) is 0 Å². The Morgan fingerprint density at radius 1 is 0.976 bits per heavy atom. The molecule has 8 heteroatoms. The van der Waals surface area contributed by atoms with Crippen molar-refractivity contribution in [3.63, 3.8) is 0 Å². The van der Waals surface area contributed by atoms with Crippen LogP contribution in [0.1, 0.15) is 36.8 Å². The van der Waals surface area contributed by atoms with Crippen LogP contribution in [0, 0.1) is 17.8 Å². The van der Waals surface area contributed by atoms with E-state index in [0.717, 1.165) is 11.1 Å². The summed E-state index contributed by atoms with van der Waals surface area (Å²) in [6, 6.07) is 10.3. The van der Waals surface area contributed by atoms with Gasteiger partial charge in [0.1, 0.15) is 0 Å². The summed E-state index contributed by atoms with van der Waals surface area (Å²) in [7, 11) is 2.83. The SMILES string of the molecule is C=Cc1ccc(N2C(=O)C3CC=C4C(c5cc(OC)c(O)c(OC)c5)C5=C(CC4C3C2=O)C(=O)C=C(C)C5=O)cc1. The minimum absolute atomic E-state index is 0.154. The molecule has 41 heavy (non-hydrogen) atoms. The number of amides is 2. The van der Waals surface area contributed by atoms with E-state index in [1.807, 2.05) is 6.08 Å². The van der Waals surface area contributed by atoms with Gasteiger partial charge in [-0.15, -0.1) is 0 Å². The van der Waals surface area contributed by atoms with Gasteiger partial charge in [0, 0.05) is 22.6 Å². The number of benzene rings is 2. The minimum Gasteiger partial charge on any atom is -0.502 e. The molecule has 3 aliphatic carbocycles. The van der Waals surface area contributed by atoms with Gasteiger partial charge in [-0.3, -0.25) is 24.1 Å². The molecule has 0 radical (unpaired) electrons. The van der Waals surface area contributed by atoms with E-state index in [2.05, 4.69) is 6.58 Å². The lowest BCUT2D eigenvalue weighted by Gasteiger charge is -2.42. The number of phenolic OH excluding ortho intramolecular Hbond substituents is 1. The lowest BCUT2D eigenvalue weighted by atomic mass is 9.59.